The summed E-state index contributed by atoms with van der Waals surface area (Å²) in [7, 11) is 0. The van der Waals surface area contributed by atoms with Crippen LogP contribution in [0.2, 0.25) is 5.02 Å². The number of carbonyl (C=O) groups is 1. The van der Waals surface area contributed by atoms with Crippen LogP contribution in [0.3, 0.4) is 0 Å². The first kappa shape index (κ1) is 14.3. The molecule has 0 aliphatic carbocycles. The number of likely N-dealkylation sites (tertiary alicyclic amines) is 1. The molecule has 0 unspecified atom stereocenters. The van der Waals surface area contributed by atoms with Crippen LogP contribution in [-0.2, 0) is 0 Å². The number of piperidine rings is 1. The lowest BCUT2D eigenvalue weighted by Gasteiger charge is -2.32. The number of hydrogen-bond acceptors (Lipinski definition) is 2. The molecular formula is C14H18ClFN2O. The minimum atomic E-state index is -0.428. The zero-order chi connectivity index (χ0) is 13.8. The van der Waals surface area contributed by atoms with E-state index in [1.54, 1.807) is 4.90 Å². The van der Waals surface area contributed by atoms with Crippen LogP contribution in [-0.4, -0.2) is 30.4 Å². The Morgan fingerprint density at radius 3 is 2.68 bits per heavy atom. The highest BCUT2D eigenvalue weighted by Crippen LogP contribution is 2.24. The number of rotatable bonds is 3. The molecule has 1 aromatic rings. The SMILES string of the molecule is NCCC1CCN(C(=O)c2ccc(F)cc2Cl)CC1. The zero-order valence-corrected chi connectivity index (χ0v) is 11.5. The Morgan fingerprint density at radius 1 is 1.42 bits per heavy atom. The van der Waals surface area contributed by atoms with Gasteiger partial charge in [-0.05, 0) is 49.9 Å². The van der Waals surface area contributed by atoms with Gasteiger partial charge in [-0.3, -0.25) is 4.79 Å². The van der Waals surface area contributed by atoms with E-state index in [4.69, 9.17) is 17.3 Å². The molecule has 1 aliphatic heterocycles. The standard InChI is InChI=1S/C14H18ClFN2O/c15-13-9-11(16)1-2-12(13)14(19)18-7-4-10(3-6-17)5-8-18/h1-2,9-10H,3-8,17H2. The van der Waals surface area contributed by atoms with Crippen molar-refractivity contribution in [1.82, 2.24) is 4.90 Å². The van der Waals surface area contributed by atoms with Gasteiger partial charge in [0.2, 0.25) is 0 Å². The molecule has 1 amide bonds. The highest BCUT2D eigenvalue weighted by atomic mass is 35.5. The average Bonchev–Trinajstić information content (AvgIpc) is 2.39. The van der Waals surface area contributed by atoms with E-state index in [2.05, 4.69) is 0 Å². The van der Waals surface area contributed by atoms with Gasteiger partial charge in [0, 0.05) is 13.1 Å². The van der Waals surface area contributed by atoms with E-state index >= 15 is 0 Å². The molecule has 0 bridgehead atoms. The van der Waals surface area contributed by atoms with E-state index < -0.39 is 5.82 Å². The summed E-state index contributed by atoms with van der Waals surface area (Å²) >= 11 is 5.92. The first-order valence-corrected chi connectivity index (χ1v) is 6.94. The summed E-state index contributed by atoms with van der Waals surface area (Å²) in [5, 5.41) is 0.175. The molecule has 5 heteroatoms. The summed E-state index contributed by atoms with van der Waals surface area (Å²) in [4.78, 5) is 14.1. The molecule has 19 heavy (non-hydrogen) atoms. The Labute approximate surface area is 117 Å². The van der Waals surface area contributed by atoms with E-state index in [1.807, 2.05) is 0 Å². The molecule has 0 saturated carbocycles. The van der Waals surface area contributed by atoms with Crippen LogP contribution in [0.4, 0.5) is 4.39 Å². The van der Waals surface area contributed by atoms with Gasteiger partial charge in [0.1, 0.15) is 5.82 Å². The minimum Gasteiger partial charge on any atom is -0.339 e. The molecule has 0 radical (unpaired) electrons. The van der Waals surface area contributed by atoms with Crippen molar-refractivity contribution in [2.75, 3.05) is 19.6 Å². The molecule has 1 saturated heterocycles. The number of hydrogen-bond donors (Lipinski definition) is 1. The van der Waals surface area contributed by atoms with Crippen LogP contribution in [0.5, 0.6) is 0 Å². The third kappa shape index (κ3) is 3.45. The maximum atomic E-state index is 13.0. The third-order valence-corrected chi connectivity index (χ3v) is 3.95. The number of amides is 1. The largest absolute Gasteiger partial charge is 0.339 e. The van der Waals surface area contributed by atoms with Gasteiger partial charge in [-0.2, -0.15) is 0 Å². The number of nitrogens with zero attached hydrogens (tertiary/aromatic N) is 1. The summed E-state index contributed by atoms with van der Waals surface area (Å²) in [5.74, 6) is 0.0668. The minimum absolute atomic E-state index is 0.115. The molecule has 3 nitrogen and oxygen atoms in total. The fourth-order valence-electron chi connectivity index (χ4n) is 2.49. The van der Waals surface area contributed by atoms with Crippen molar-refractivity contribution in [3.05, 3.63) is 34.6 Å². The Balaban J connectivity index is 2.01. The normalized spacial score (nSPS) is 16.7. The topological polar surface area (TPSA) is 46.3 Å². The van der Waals surface area contributed by atoms with E-state index in [-0.39, 0.29) is 10.9 Å². The molecule has 2 rings (SSSR count). The van der Waals surface area contributed by atoms with E-state index in [1.165, 1.54) is 18.2 Å². The van der Waals surface area contributed by atoms with Crippen LogP contribution in [0, 0.1) is 11.7 Å². The van der Waals surface area contributed by atoms with Crippen LogP contribution in [0.1, 0.15) is 29.6 Å². The van der Waals surface area contributed by atoms with Crippen LogP contribution < -0.4 is 5.73 Å². The van der Waals surface area contributed by atoms with Crippen molar-refractivity contribution >= 4 is 17.5 Å². The molecular weight excluding hydrogens is 267 g/mol. The molecule has 1 fully saturated rings. The summed E-state index contributed by atoms with van der Waals surface area (Å²) in [5.41, 5.74) is 5.92. The fourth-order valence-corrected chi connectivity index (χ4v) is 2.74. The molecule has 2 N–H and O–H groups in total. The predicted molar refractivity (Wildman–Crippen MR) is 73.7 cm³/mol. The first-order chi connectivity index (χ1) is 9.11. The lowest BCUT2D eigenvalue weighted by atomic mass is 9.93. The molecule has 0 spiro atoms. The van der Waals surface area contributed by atoms with E-state index in [9.17, 15) is 9.18 Å². The summed E-state index contributed by atoms with van der Waals surface area (Å²) in [6.45, 7) is 2.14. The molecule has 1 heterocycles. The van der Waals surface area contributed by atoms with Gasteiger partial charge in [0.05, 0.1) is 10.6 Å². The molecule has 1 aromatic carbocycles. The van der Waals surface area contributed by atoms with Crippen LogP contribution in [0.15, 0.2) is 18.2 Å². The lowest BCUT2D eigenvalue weighted by Crippen LogP contribution is -2.39. The number of nitrogens with two attached hydrogens (primary N) is 1. The monoisotopic (exact) mass is 284 g/mol. The second-order valence-electron chi connectivity index (χ2n) is 4.94. The van der Waals surface area contributed by atoms with E-state index in [0.29, 0.717) is 18.0 Å². The van der Waals surface area contributed by atoms with Gasteiger partial charge in [0.25, 0.3) is 5.91 Å². The second-order valence-corrected chi connectivity index (χ2v) is 5.34. The maximum Gasteiger partial charge on any atom is 0.255 e. The highest BCUT2D eigenvalue weighted by molar-refractivity contribution is 6.33. The summed E-state index contributed by atoms with van der Waals surface area (Å²) in [6, 6.07) is 3.89. The Bertz CT molecular complexity index is 459. The van der Waals surface area contributed by atoms with Crippen molar-refractivity contribution in [3.63, 3.8) is 0 Å². The Morgan fingerprint density at radius 2 is 2.11 bits per heavy atom. The van der Waals surface area contributed by atoms with Gasteiger partial charge in [-0.1, -0.05) is 11.6 Å². The van der Waals surface area contributed by atoms with Crippen molar-refractivity contribution < 1.29 is 9.18 Å². The second kappa shape index (κ2) is 6.35. The maximum absolute atomic E-state index is 13.0. The number of halogens is 2. The van der Waals surface area contributed by atoms with Gasteiger partial charge in [-0.15, -0.1) is 0 Å². The lowest BCUT2D eigenvalue weighted by molar-refractivity contribution is 0.0688. The first-order valence-electron chi connectivity index (χ1n) is 6.56. The van der Waals surface area contributed by atoms with E-state index in [0.717, 1.165) is 32.4 Å². The highest BCUT2D eigenvalue weighted by Gasteiger charge is 2.24. The van der Waals surface area contributed by atoms with Crippen molar-refractivity contribution in [2.24, 2.45) is 11.7 Å². The smallest absolute Gasteiger partial charge is 0.255 e. The number of benzene rings is 1. The quantitative estimate of drug-likeness (QED) is 0.927. The van der Waals surface area contributed by atoms with Crippen molar-refractivity contribution in [1.29, 1.82) is 0 Å². The fraction of sp³-hybridized carbons (Fsp3) is 0.500. The predicted octanol–water partition coefficient (Wildman–Crippen LogP) is 2.68. The van der Waals surface area contributed by atoms with Crippen LogP contribution >= 0.6 is 11.6 Å². The van der Waals surface area contributed by atoms with Crippen molar-refractivity contribution in [3.8, 4) is 0 Å². The van der Waals surface area contributed by atoms with Gasteiger partial charge in [-0.25, -0.2) is 4.39 Å². The van der Waals surface area contributed by atoms with Gasteiger partial charge >= 0.3 is 0 Å². The molecule has 0 aromatic heterocycles. The van der Waals surface area contributed by atoms with Gasteiger partial charge in [0.15, 0.2) is 0 Å². The van der Waals surface area contributed by atoms with Gasteiger partial charge < -0.3 is 10.6 Å². The molecule has 104 valence electrons. The third-order valence-electron chi connectivity index (χ3n) is 3.64. The Hall–Kier alpha value is -1.13. The summed E-state index contributed by atoms with van der Waals surface area (Å²) < 4.78 is 13.0. The number of carbonyl (C=O) groups excluding carboxylic acids is 1. The molecule has 0 atom stereocenters. The average molecular weight is 285 g/mol. The summed E-state index contributed by atoms with van der Waals surface area (Å²) in [6.07, 6.45) is 2.96. The van der Waals surface area contributed by atoms with Crippen LogP contribution in [0.25, 0.3) is 0 Å². The van der Waals surface area contributed by atoms with Crippen molar-refractivity contribution in [2.45, 2.75) is 19.3 Å². The zero-order valence-electron chi connectivity index (χ0n) is 10.7. The molecule has 1 aliphatic rings. The Kier molecular flexibility index (Phi) is 4.77.